The van der Waals surface area contributed by atoms with E-state index in [-0.39, 0.29) is 16.9 Å². The minimum atomic E-state index is -4.49. The minimum Gasteiger partial charge on any atom is -0.362 e. The molecule has 0 atom stereocenters. The smallest absolute Gasteiger partial charge is 0.362 e. The third-order valence-corrected chi connectivity index (χ3v) is 4.83. The average molecular weight is 374 g/mol. The average Bonchev–Trinajstić information content (AvgIpc) is 2.60. The number of nitrogens with one attached hydrogen (secondary N) is 1. The molecule has 1 N–H and O–H groups in total. The molecule has 0 fully saturated rings. The molecule has 2 heterocycles. The van der Waals surface area contributed by atoms with Gasteiger partial charge in [-0.1, -0.05) is 32.0 Å². The number of hydrogen-bond donors (Lipinski definition) is 1. The van der Waals surface area contributed by atoms with Gasteiger partial charge in [0.25, 0.3) is 0 Å². The number of rotatable bonds is 3. The zero-order valence-electron chi connectivity index (χ0n) is 15.7. The maximum absolute atomic E-state index is 12.9. The summed E-state index contributed by atoms with van der Waals surface area (Å²) in [5.41, 5.74) is 3.10. The number of aryl methyl sites for hydroxylation is 1. The van der Waals surface area contributed by atoms with Crippen LogP contribution in [0.2, 0.25) is 0 Å². The van der Waals surface area contributed by atoms with Crippen molar-refractivity contribution in [2.75, 3.05) is 0 Å². The second-order valence-corrected chi connectivity index (χ2v) is 7.15. The van der Waals surface area contributed by atoms with Crippen LogP contribution in [0.25, 0.3) is 10.9 Å². The predicted molar refractivity (Wildman–Crippen MR) is 100 cm³/mol. The van der Waals surface area contributed by atoms with Gasteiger partial charge in [0, 0.05) is 34.3 Å². The van der Waals surface area contributed by atoms with Crippen LogP contribution >= 0.6 is 0 Å². The van der Waals surface area contributed by atoms with Gasteiger partial charge in [-0.25, -0.2) is 4.98 Å². The maximum Gasteiger partial charge on any atom is 0.433 e. The second-order valence-electron chi connectivity index (χ2n) is 7.15. The van der Waals surface area contributed by atoms with E-state index in [4.69, 9.17) is 0 Å². The van der Waals surface area contributed by atoms with Gasteiger partial charge < -0.3 is 4.98 Å². The van der Waals surface area contributed by atoms with Gasteiger partial charge in [-0.15, -0.1) is 0 Å². The highest BCUT2D eigenvalue weighted by atomic mass is 19.4. The fraction of sp³-hybridized carbons (Fsp3) is 0.333. The lowest BCUT2D eigenvalue weighted by atomic mass is 9.94. The van der Waals surface area contributed by atoms with Crippen LogP contribution in [0.5, 0.6) is 0 Å². The molecule has 27 heavy (non-hydrogen) atoms. The number of benzene rings is 1. The summed E-state index contributed by atoms with van der Waals surface area (Å²) in [7, 11) is 0. The number of aromatic nitrogens is 2. The first-order chi connectivity index (χ1) is 12.6. The van der Waals surface area contributed by atoms with E-state index in [0.29, 0.717) is 22.9 Å². The molecule has 0 bridgehead atoms. The first-order valence-corrected chi connectivity index (χ1v) is 8.77. The molecule has 2 aromatic heterocycles. The lowest BCUT2D eigenvalue weighted by Crippen LogP contribution is -2.20. The molecule has 3 nitrogen and oxygen atoms in total. The van der Waals surface area contributed by atoms with Crippen molar-refractivity contribution in [1.29, 1.82) is 0 Å². The van der Waals surface area contributed by atoms with E-state index in [2.05, 4.69) is 9.97 Å². The Hall–Kier alpha value is -2.63. The van der Waals surface area contributed by atoms with Gasteiger partial charge in [-0.2, -0.15) is 13.2 Å². The van der Waals surface area contributed by atoms with E-state index in [1.54, 1.807) is 19.1 Å². The van der Waals surface area contributed by atoms with Crippen molar-refractivity contribution < 1.29 is 13.2 Å². The minimum absolute atomic E-state index is 0.0213. The van der Waals surface area contributed by atoms with Crippen molar-refractivity contribution in [3.63, 3.8) is 0 Å². The van der Waals surface area contributed by atoms with Crippen molar-refractivity contribution in [3.8, 4) is 0 Å². The fourth-order valence-electron chi connectivity index (χ4n) is 3.19. The first kappa shape index (κ1) is 19.1. The lowest BCUT2D eigenvalue weighted by molar-refractivity contribution is -0.140. The van der Waals surface area contributed by atoms with Crippen molar-refractivity contribution >= 4 is 10.9 Å². The SMILES string of the molecule is Cc1[nH]c(C(C)C)c(Cc2ccc3ccc(C(F)(F)F)nc3c2)c(=O)c1C. The molecular weight excluding hydrogens is 353 g/mol. The Balaban J connectivity index is 2.10. The number of fused-ring (bicyclic) bond motifs is 1. The summed E-state index contributed by atoms with van der Waals surface area (Å²) < 4.78 is 38.8. The molecule has 0 aliphatic heterocycles. The number of H-pyrrole nitrogens is 1. The Kier molecular flexibility index (Phi) is 4.84. The molecular formula is C21H21F3N2O. The summed E-state index contributed by atoms with van der Waals surface area (Å²) in [5.74, 6) is 0.127. The van der Waals surface area contributed by atoms with Gasteiger partial charge >= 0.3 is 6.18 Å². The Labute approximate surface area is 155 Å². The van der Waals surface area contributed by atoms with Crippen LogP contribution in [0.15, 0.2) is 35.1 Å². The maximum atomic E-state index is 12.9. The van der Waals surface area contributed by atoms with Gasteiger partial charge in [0.2, 0.25) is 0 Å². The topological polar surface area (TPSA) is 45.8 Å². The summed E-state index contributed by atoms with van der Waals surface area (Å²) in [6, 6.07) is 7.59. The van der Waals surface area contributed by atoms with E-state index in [0.717, 1.165) is 23.0 Å². The highest BCUT2D eigenvalue weighted by molar-refractivity contribution is 5.79. The van der Waals surface area contributed by atoms with Crippen molar-refractivity contribution in [2.24, 2.45) is 0 Å². The van der Waals surface area contributed by atoms with Crippen LogP contribution in [0.4, 0.5) is 13.2 Å². The summed E-state index contributed by atoms with van der Waals surface area (Å²) in [6.07, 6.45) is -4.14. The predicted octanol–water partition coefficient (Wildman–Crippen LogP) is 5.27. The third kappa shape index (κ3) is 3.75. The molecule has 0 saturated heterocycles. The molecule has 3 rings (SSSR count). The Morgan fingerprint density at radius 2 is 1.78 bits per heavy atom. The molecule has 0 aliphatic carbocycles. The van der Waals surface area contributed by atoms with E-state index in [1.165, 1.54) is 6.07 Å². The van der Waals surface area contributed by atoms with Gasteiger partial charge in [-0.3, -0.25) is 4.79 Å². The third-order valence-electron chi connectivity index (χ3n) is 4.83. The van der Waals surface area contributed by atoms with Gasteiger partial charge in [0.05, 0.1) is 5.52 Å². The number of nitrogens with zero attached hydrogens (tertiary/aromatic N) is 1. The Morgan fingerprint density at radius 3 is 2.41 bits per heavy atom. The van der Waals surface area contributed by atoms with Crippen molar-refractivity contribution in [2.45, 2.75) is 46.2 Å². The van der Waals surface area contributed by atoms with Crippen LogP contribution in [-0.2, 0) is 12.6 Å². The highest BCUT2D eigenvalue weighted by Gasteiger charge is 2.32. The largest absolute Gasteiger partial charge is 0.433 e. The Morgan fingerprint density at radius 1 is 1.11 bits per heavy atom. The van der Waals surface area contributed by atoms with E-state index < -0.39 is 11.9 Å². The zero-order chi connectivity index (χ0) is 19.9. The van der Waals surface area contributed by atoms with Crippen molar-refractivity contribution in [3.05, 3.63) is 74.3 Å². The van der Waals surface area contributed by atoms with Gasteiger partial charge in [0.1, 0.15) is 5.69 Å². The molecule has 0 unspecified atom stereocenters. The molecule has 6 heteroatoms. The number of halogens is 3. The molecule has 1 aromatic carbocycles. The molecule has 0 spiro atoms. The van der Waals surface area contributed by atoms with E-state index >= 15 is 0 Å². The first-order valence-electron chi connectivity index (χ1n) is 8.77. The quantitative estimate of drug-likeness (QED) is 0.679. The summed E-state index contributed by atoms with van der Waals surface area (Å²) in [6.45, 7) is 7.65. The van der Waals surface area contributed by atoms with Gasteiger partial charge in [0.15, 0.2) is 5.43 Å². The number of alkyl halides is 3. The van der Waals surface area contributed by atoms with Crippen molar-refractivity contribution in [1.82, 2.24) is 9.97 Å². The second kappa shape index (κ2) is 6.83. The highest BCUT2D eigenvalue weighted by Crippen LogP contribution is 2.29. The van der Waals surface area contributed by atoms with Crippen LogP contribution < -0.4 is 5.43 Å². The lowest BCUT2D eigenvalue weighted by Gasteiger charge is -2.16. The summed E-state index contributed by atoms with van der Waals surface area (Å²) in [5, 5.41) is 0.629. The molecule has 0 amide bonds. The molecule has 0 radical (unpaired) electrons. The van der Waals surface area contributed by atoms with E-state index in [9.17, 15) is 18.0 Å². The summed E-state index contributed by atoms with van der Waals surface area (Å²) in [4.78, 5) is 19.8. The normalized spacial score (nSPS) is 12.1. The molecule has 0 saturated carbocycles. The summed E-state index contributed by atoms with van der Waals surface area (Å²) >= 11 is 0. The standard InChI is InChI=1S/C21H21F3N2O/c1-11(2)19-16(20(27)12(3)13(4)25-19)9-14-5-6-15-7-8-18(21(22,23)24)26-17(15)10-14/h5-8,10-11H,9H2,1-4H3,(H,25,27). The molecule has 0 aliphatic rings. The van der Waals surface area contributed by atoms with Gasteiger partial charge in [-0.05, 0) is 37.5 Å². The zero-order valence-corrected chi connectivity index (χ0v) is 15.7. The monoisotopic (exact) mass is 374 g/mol. The number of aromatic amines is 1. The number of pyridine rings is 2. The molecule has 142 valence electrons. The van der Waals surface area contributed by atoms with Crippen LogP contribution in [-0.4, -0.2) is 9.97 Å². The molecule has 3 aromatic rings. The van der Waals surface area contributed by atoms with E-state index in [1.807, 2.05) is 26.8 Å². The van der Waals surface area contributed by atoms with Crippen LogP contribution in [0.1, 0.15) is 53.5 Å². The van der Waals surface area contributed by atoms with Crippen LogP contribution in [0.3, 0.4) is 0 Å². The number of hydrogen-bond acceptors (Lipinski definition) is 2. The fourth-order valence-corrected chi connectivity index (χ4v) is 3.19. The Bertz CT molecular complexity index is 1070. The van der Waals surface area contributed by atoms with Crippen LogP contribution in [0, 0.1) is 13.8 Å².